The zero-order chi connectivity index (χ0) is 41.6. The third-order valence-corrected chi connectivity index (χ3v) is 13.0. The summed E-state index contributed by atoms with van der Waals surface area (Å²) in [7, 11) is 13.0. The van der Waals surface area contributed by atoms with Crippen LogP contribution in [-0.2, 0) is 0 Å². The van der Waals surface area contributed by atoms with Gasteiger partial charge in [-0.05, 0) is 182 Å². The Labute approximate surface area is 341 Å². The van der Waals surface area contributed by atoms with E-state index in [0.29, 0.717) is 12.1 Å². The number of nitrogens with one attached hydrogen (secondary N) is 2. The molecule has 1 aromatic heterocycles. The van der Waals surface area contributed by atoms with Gasteiger partial charge in [-0.25, -0.2) is 0 Å². The van der Waals surface area contributed by atoms with Gasteiger partial charge in [-0.15, -0.1) is 0 Å². The fraction of sp³-hybridized carbons (Fsp3) is 0.932. The highest BCUT2D eigenvalue weighted by Crippen LogP contribution is 2.42. The molecule has 3 heterocycles. The van der Waals surface area contributed by atoms with Crippen LogP contribution in [0.3, 0.4) is 0 Å². The minimum Gasteiger partial charge on any atom is -0.338 e. The van der Waals surface area contributed by atoms with Crippen molar-refractivity contribution in [3.63, 3.8) is 0 Å². The molecule has 0 amide bonds. The summed E-state index contributed by atoms with van der Waals surface area (Å²) in [4.78, 5) is 30.4. The van der Waals surface area contributed by atoms with E-state index in [1.165, 1.54) is 39.0 Å². The minimum atomic E-state index is 0.111. The van der Waals surface area contributed by atoms with Crippen LogP contribution in [0.5, 0.6) is 0 Å². The Morgan fingerprint density at radius 3 is 1.16 bits per heavy atom. The summed E-state index contributed by atoms with van der Waals surface area (Å²) >= 11 is 0. The number of likely N-dealkylation sites (N-methyl/N-ethyl adjacent to an activating group) is 2. The van der Waals surface area contributed by atoms with Crippen molar-refractivity contribution in [2.45, 2.75) is 175 Å². The van der Waals surface area contributed by atoms with E-state index < -0.39 is 0 Å². The van der Waals surface area contributed by atoms with Gasteiger partial charge in [-0.2, -0.15) is 15.0 Å². The Morgan fingerprint density at radius 2 is 0.873 bits per heavy atom. The molecule has 0 bridgehead atoms. The number of likely N-dealkylation sites (tertiary alicyclic amines) is 2. The minimum absolute atomic E-state index is 0.111. The van der Waals surface area contributed by atoms with Gasteiger partial charge in [0.2, 0.25) is 11.9 Å². The molecular weight excluding hydrogens is 683 g/mol. The highest BCUT2D eigenvalue weighted by Gasteiger charge is 2.47. The van der Waals surface area contributed by atoms with E-state index in [2.05, 4.69) is 144 Å². The first-order chi connectivity index (χ1) is 25.6. The van der Waals surface area contributed by atoms with Gasteiger partial charge in [0.05, 0.1) is 0 Å². The van der Waals surface area contributed by atoms with Crippen LogP contribution < -0.4 is 20.4 Å². The Kier molecular flexibility index (Phi) is 20.3. The lowest BCUT2D eigenvalue weighted by atomic mass is 9.77. The van der Waals surface area contributed by atoms with Crippen molar-refractivity contribution in [1.82, 2.24) is 45.2 Å². The van der Waals surface area contributed by atoms with Gasteiger partial charge < -0.3 is 30.2 Å². The first kappa shape index (κ1) is 49.5. The van der Waals surface area contributed by atoms with Crippen LogP contribution in [0.1, 0.15) is 139 Å². The number of nitrogens with zero attached hydrogens (tertiary/aromatic N) is 9. The van der Waals surface area contributed by atoms with E-state index in [1.807, 2.05) is 14.1 Å². The molecule has 2 aliphatic heterocycles. The molecule has 0 atom stereocenters. The molecule has 0 aliphatic carbocycles. The summed E-state index contributed by atoms with van der Waals surface area (Å²) in [5, 5.41) is 6.36. The summed E-state index contributed by atoms with van der Waals surface area (Å²) in [6.07, 6.45) is 11.5. The average Bonchev–Trinajstić information content (AvgIpc) is 3.09. The highest BCUT2D eigenvalue weighted by atomic mass is 15.4. The van der Waals surface area contributed by atoms with Crippen LogP contribution in [0.25, 0.3) is 0 Å². The Balaban J connectivity index is 0.000000550. The summed E-state index contributed by atoms with van der Waals surface area (Å²) in [6, 6.07) is 0.801. The monoisotopic (exact) mass is 774 g/mol. The quantitative estimate of drug-likeness (QED) is 0.130. The van der Waals surface area contributed by atoms with Crippen molar-refractivity contribution in [3.8, 4) is 0 Å². The molecule has 55 heavy (non-hydrogen) atoms. The lowest BCUT2D eigenvalue weighted by Gasteiger charge is -2.56. The molecule has 2 aliphatic rings. The van der Waals surface area contributed by atoms with E-state index in [1.54, 1.807) is 0 Å². The summed E-state index contributed by atoms with van der Waals surface area (Å²) in [5.74, 6) is 2.58. The third kappa shape index (κ3) is 15.2. The smallest absolute Gasteiger partial charge is 0.230 e. The summed E-state index contributed by atoms with van der Waals surface area (Å²) < 4.78 is 0. The predicted octanol–water partition coefficient (Wildman–Crippen LogP) is 6.76. The van der Waals surface area contributed by atoms with Gasteiger partial charge >= 0.3 is 0 Å². The standard InChI is InChI=1S/C32H61N7.C12H30N4/c1-14-16-18-38(25-20-29(4,5)36(12)30(6,7)21-25)27-33-24(3)34-28(35-27)39(19-17-15-2)26-22-31(8,9)37(13)32(10,11)23-26;1-13-7-5-9-15(3)11-12-16(4)10-6-8-14-2/h25-26H,14-23H2,1-13H3;13-14H,5-12H2,1-4H3. The van der Waals surface area contributed by atoms with Gasteiger partial charge in [0.1, 0.15) is 5.82 Å². The van der Waals surface area contributed by atoms with Crippen LogP contribution in [-0.4, -0.2) is 163 Å². The van der Waals surface area contributed by atoms with E-state index in [0.717, 1.165) is 95.3 Å². The van der Waals surface area contributed by atoms with Crippen LogP contribution in [0.15, 0.2) is 0 Å². The maximum atomic E-state index is 5.32. The fourth-order valence-electron chi connectivity index (χ4n) is 8.95. The van der Waals surface area contributed by atoms with Gasteiger partial charge in [-0.1, -0.05) is 26.7 Å². The second-order valence-corrected chi connectivity index (χ2v) is 19.6. The molecule has 0 unspecified atom stereocenters. The number of anilines is 2. The maximum Gasteiger partial charge on any atom is 0.230 e. The van der Waals surface area contributed by atoms with Crippen molar-refractivity contribution < 1.29 is 0 Å². The highest BCUT2D eigenvalue weighted by molar-refractivity contribution is 5.42. The molecule has 1 aromatic rings. The molecule has 322 valence electrons. The maximum absolute atomic E-state index is 5.32. The number of hydrogen-bond donors (Lipinski definition) is 2. The fourth-order valence-corrected chi connectivity index (χ4v) is 8.95. The first-order valence-corrected chi connectivity index (χ1v) is 22.1. The zero-order valence-corrected chi connectivity index (χ0v) is 39.4. The van der Waals surface area contributed by atoms with Crippen LogP contribution in [0.4, 0.5) is 11.9 Å². The molecule has 11 nitrogen and oxygen atoms in total. The Morgan fingerprint density at radius 1 is 0.545 bits per heavy atom. The summed E-state index contributed by atoms with van der Waals surface area (Å²) in [5.41, 5.74) is 0.445. The van der Waals surface area contributed by atoms with E-state index in [9.17, 15) is 0 Å². The number of piperidine rings is 2. The van der Waals surface area contributed by atoms with E-state index >= 15 is 0 Å². The molecule has 0 saturated carbocycles. The zero-order valence-electron chi connectivity index (χ0n) is 39.4. The number of aryl methyl sites for hydroxylation is 1. The molecule has 2 fully saturated rings. The van der Waals surface area contributed by atoms with Crippen molar-refractivity contribution in [2.24, 2.45) is 0 Å². The van der Waals surface area contributed by atoms with Crippen LogP contribution >= 0.6 is 0 Å². The van der Waals surface area contributed by atoms with E-state index in [4.69, 9.17) is 15.0 Å². The Bertz CT molecular complexity index is 1090. The Hall–Kier alpha value is -1.63. The van der Waals surface area contributed by atoms with Crippen molar-refractivity contribution in [3.05, 3.63) is 5.82 Å². The summed E-state index contributed by atoms with van der Waals surface area (Å²) in [6.45, 7) is 34.6. The lowest BCUT2D eigenvalue weighted by Crippen LogP contribution is -2.63. The van der Waals surface area contributed by atoms with Crippen LogP contribution in [0.2, 0.25) is 0 Å². The van der Waals surface area contributed by atoms with E-state index in [-0.39, 0.29) is 22.2 Å². The molecule has 0 radical (unpaired) electrons. The second-order valence-electron chi connectivity index (χ2n) is 19.6. The third-order valence-electron chi connectivity index (χ3n) is 13.0. The molecule has 0 aromatic carbocycles. The number of unbranched alkanes of at least 4 members (excludes halogenated alkanes) is 2. The van der Waals surface area contributed by atoms with Crippen molar-refractivity contribution in [2.75, 3.05) is 104 Å². The topological polar surface area (TPSA) is 82.2 Å². The number of hydrogen-bond acceptors (Lipinski definition) is 11. The number of aromatic nitrogens is 3. The van der Waals surface area contributed by atoms with Gasteiger partial charge in [0.15, 0.2) is 0 Å². The average molecular weight is 774 g/mol. The molecule has 2 N–H and O–H groups in total. The van der Waals surface area contributed by atoms with Gasteiger partial charge in [-0.3, -0.25) is 9.80 Å². The van der Waals surface area contributed by atoms with Gasteiger partial charge in [0.25, 0.3) is 0 Å². The second kappa shape index (κ2) is 22.5. The molecule has 0 spiro atoms. The lowest BCUT2D eigenvalue weighted by molar-refractivity contribution is -0.0130. The molecular formula is C44H91N11. The molecule has 11 heteroatoms. The van der Waals surface area contributed by atoms with Crippen LogP contribution in [0, 0.1) is 6.92 Å². The van der Waals surface area contributed by atoms with Gasteiger partial charge in [0, 0.05) is 60.4 Å². The van der Waals surface area contributed by atoms with Crippen molar-refractivity contribution >= 4 is 11.9 Å². The largest absolute Gasteiger partial charge is 0.338 e. The predicted molar refractivity (Wildman–Crippen MR) is 239 cm³/mol. The normalized spacial score (nSPS) is 20.1. The molecule has 2 saturated heterocycles. The molecule has 3 rings (SSSR count). The SMILES string of the molecule is CCCCN(c1nc(C)nc(N(CCCC)C2CC(C)(C)N(C)C(C)(C)C2)n1)C1CC(C)(C)N(C)C(C)(C)C1.CNCCCN(C)CCN(C)CCCNC. The van der Waals surface area contributed by atoms with Crippen molar-refractivity contribution in [1.29, 1.82) is 0 Å². The first-order valence-electron chi connectivity index (χ1n) is 22.1. The number of rotatable bonds is 21.